The monoisotopic (exact) mass is 346 g/mol. The van der Waals surface area contributed by atoms with Crippen LogP contribution >= 0.6 is 23.6 Å². The second-order valence-corrected chi connectivity index (χ2v) is 6.78. The smallest absolute Gasteiger partial charge is 0.340 e. The predicted octanol–water partition coefficient (Wildman–Crippen LogP) is 3.86. The molecule has 0 unspecified atom stereocenters. The fraction of sp³-hybridized carbons (Fsp3) is 0.294. The van der Waals surface area contributed by atoms with Gasteiger partial charge in [0.25, 0.3) is 0 Å². The molecule has 23 heavy (non-hydrogen) atoms. The summed E-state index contributed by atoms with van der Waals surface area (Å²) in [5.41, 5.74) is 2.98. The number of nitrogens with zero attached hydrogens (tertiary/aromatic N) is 1. The molecule has 0 spiro atoms. The van der Waals surface area contributed by atoms with Crippen molar-refractivity contribution in [2.45, 2.75) is 19.8 Å². The molecule has 1 aromatic heterocycles. The van der Waals surface area contributed by atoms with E-state index in [1.807, 2.05) is 18.2 Å². The average molecular weight is 346 g/mol. The van der Waals surface area contributed by atoms with Crippen molar-refractivity contribution >= 4 is 45.3 Å². The second kappa shape index (κ2) is 6.68. The number of carbonyl (C=O) groups is 1. The van der Waals surface area contributed by atoms with Crippen LogP contribution in [0.4, 0.5) is 10.7 Å². The highest BCUT2D eigenvalue weighted by molar-refractivity contribution is 7.80. The van der Waals surface area contributed by atoms with Gasteiger partial charge in [0, 0.05) is 17.1 Å². The topological polar surface area (TPSA) is 41.6 Å². The number of aryl methyl sites for hydroxylation is 1. The van der Waals surface area contributed by atoms with E-state index in [9.17, 15) is 4.79 Å². The first-order valence-electron chi connectivity index (χ1n) is 7.51. The molecule has 120 valence electrons. The zero-order valence-electron chi connectivity index (χ0n) is 13.1. The van der Waals surface area contributed by atoms with Crippen molar-refractivity contribution in [2.24, 2.45) is 0 Å². The van der Waals surface area contributed by atoms with Gasteiger partial charge in [-0.05, 0) is 42.8 Å². The van der Waals surface area contributed by atoms with E-state index in [-0.39, 0.29) is 5.97 Å². The first-order valence-corrected chi connectivity index (χ1v) is 8.74. The summed E-state index contributed by atoms with van der Waals surface area (Å²) in [4.78, 5) is 15.2. The molecule has 0 radical (unpaired) electrons. The molecule has 1 aromatic carbocycles. The average Bonchev–Trinajstić information content (AvgIpc) is 3.18. The van der Waals surface area contributed by atoms with Crippen LogP contribution in [0, 0.1) is 0 Å². The molecular weight excluding hydrogens is 328 g/mol. The Hall–Kier alpha value is -1.92. The number of fused-ring (bicyclic) bond motifs is 1. The Morgan fingerprint density at radius 1 is 1.43 bits per heavy atom. The minimum atomic E-state index is -0.340. The van der Waals surface area contributed by atoms with Crippen LogP contribution in [0.5, 0.6) is 0 Å². The molecule has 1 N–H and O–H groups in total. The summed E-state index contributed by atoms with van der Waals surface area (Å²) >= 11 is 7.11. The highest BCUT2D eigenvalue weighted by atomic mass is 32.1. The SMILES string of the molecule is CCc1cc(C(=O)OC)c(NC(=S)N2CCc3ccccc32)s1. The lowest BCUT2D eigenvalue weighted by atomic mass is 10.2. The summed E-state index contributed by atoms with van der Waals surface area (Å²) < 4.78 is 4.87. The third kappa shape index (κ3) is 3.09. The van der Waals surface area contributed by atoms with Gasteiger partial charge in [0.05, 0.1) is 12.7 Å². The Labute approximate surface area is 145 Å². The Bertz CT molecular complexity index is 755. The van der Waals surface area contributed by atoms with Crippen molar-refractivity contribution in [2.75, 3.05) is 23.9 Å². The molecule has 0 fully saturated rings. The molecule has 2 aromatic rings. The molecule has 4 nitrogen and oxygen atoms in total. The molecule has 1 aliphatic heterocycles. The van der Waals surface area contributed by atoms with Crippen LogP contribution in [0.2, 0.25) is 0 Å². The number of methoxy groups -OCH3 is 1. The Kier molecular flexibility index (Phi) is 4.63. The lowest BCUT2D eigenvalue weighted by Crippen LogP contribution is -2.33. The normalized spacial score (nSPS) is 12.9. The molecule has 3 rings (SSSR count). The third-order valence-corrected chi connectivity index (χ3v) is 5.41. The van der Waals surface area contributed by atoms with Crippen molar-refractivity contribution in [1.82, 2.24) is 0 Å². The number of anilines is 2. The van der Waals surface area contributed by atoms with Crippen LogP contribution in [0.3, 0.4) is 0 Å². The van der Waals surface area contributed by atoms with Crippen LogP contribution < -0.4 is 10.2 Å². The maximum Gasteiger partial charge on any atom is 0.340 e. The lowest BCUT2D eigenvalue weighted by molar-refractivity contribution is 0.0602. The number of nitrogens with one attached hydrogen (secondary N) is 1. The number of para-hydroxylation sites is 1. The zero-order valence-corrected chi connectivity index (χ0v) is 14.7. The van der Waals surface area contributed by atoms with E-state index >= 15 is 0 Å². The summed E-state index contributed by atoms with van der Waals surface area (Å²) in [6.45, 7) is 2.91. The number of carbonyl (C=O) groups excluding carboxylic acids is 1. The molecule has 0 aliphatic carbocycles. The van der Waals surface area contributed by atoms with Crippen molar-refractivity contribution in [3.63, 3.8) is 0 Å². The summed E-state index contributed by atoms with van der Waals surface area (Å²) in [5, 5.41) is 4.61. The quantitative estimate of drug-likeness (QED) is 0.675. The summed E-state index contributed by atoms with van der Waals surface area (Å²) in [7, 11) is 1.39. The number of thiocarbonyl (C=S) groups is 1. The highest BCUT2D eigenvalue weighted by Gasteiger charge is 2.24. The summed E-state index contributed by atoms with van der Waals surface area (Å²) in [6.07, 6.45) is 1.85. The highest BCUT2D eigenvalue weighted by Crippen LogP contribution is 2.32. The first kappa shape index (κ1) is 16.0. The molecule has 0 saturated carbocycles. The van der Waals surface area contributed by atoms with Gasteiger partial charge in [-0.2, -0.15) is 0 Å². The maximum atomic E-state index is 12.0. The minimum absolute atomic E-state index is 0.340. The van der Waals surface area contributed by atoms with Crippen molar-refractivity contribution in [3.05, 3.63) is 46.3 Å². The molecule has 0 atom stereocenters. The largest absolute Gasteiger partial charge is 0.465 e. The van der Waals surface area contributed by atoms with E-state index in [0.717, 1.165) is 35.0 Å². The number of hydrogen-bond acceptors (Lipinski definition) is 4. The Morgan fingerprint density at radius 2 is 2.22 bits per heavy atom. The number of ether oxygens (including phenoxy) is 1. The van der Waals surface area contributed by atoms with E-state index in [1.165, 1.54) is 12.7 Å². The van der Waals surface area contributed by atoms with Gasteiger partial charge < -0.3 is 15.0 Å². The fourth-order valence-corrected chi connectivity index (χ4v) is 4.02. The van der Waals surface area contributed by atoms with Crippen molar-refractivity contribution < 1.29 is 9.53 Å². The number of hydrogen-bond donors (Lipinski definition) is 1. The van der Waals surface area contributed by atoms with Gasteiger partial charge in [-0.15, -0.1) is 11.3 Å². The van der Waals surface area contributed by atoms with Crippen LogP contribution in [0.25, 0.3) is 0 Å². The van der Waals surface area contributed by atoms with E-state index in [4.69, 9.17) is 17.0 Å². The molecule has 2 heterocycles. The molecule has 0 saturated heterocycles. The standard InChI is InChI=1S/C17H18N2O2S2/c1-3-12-10-13(16(20)21-2)15(23-12)18-17(22)19-9-8-11-6-4-5-7-14(11)19/h4-7,10H,3,8-9H2,1-2H3,(H,18,22). The van der Waals surface area contributed by atoms with Crippen molar-refractivity contribution in [1.29, 1.82) is 0 Å². The molecule has 0 bridgehead atoms. The van der Waals surface area contributed by atoms with Crippen LogP contribution in [0.15, 0.2) is 30.3 Å². The Morgan fingerprint density at radius 3 is 2.96 bits per heavy atom. The molecule has 1 aliphatic rings. The van der Waals surface area contributed by atoms with Gasteiger partial charge in [0.2, 0.25) is 0 Å². The van der Waals surface area contributed by atoms with Gasteiger partial charge in [-0.3, -0.25) is 0 Å². The number of esters is 1. The third-order valence-electron chi connectivity index (χ3n) is 3.89. The van der Waals surface area contributed by atoms with Gasteiger partial charge >= 0.3 is 5.97 Å². The number of benzene rings is 1. The van der Waals surface area contributed by atoms with Gasteiger partial charge in [-0.25, -0.2) is 4.79 Å². The van der Waals surface area contributed by atoms with Crippen LogP contribution in [-0.4, -0.2) is 24.7 Å². The first-order chi connectivity index (χ1) is 11.1. The molecule has 0 amide bonds. The lowest BCUT2D eigenvalue weighted by Gasteiger charge is -2.21. The van der Waals surface area contributed by atoms with Crippen LogP contribution in [-0.2, 0) is 17.6 Å². The second-order valence-electron chi connectivity index (χ2n) is 5.26. The van der Waals surface area contributed by atoms with E-state index in [0.29, 0.717) is 10.7 Å². The predicted molar refractivity (Wildman–Crippen MR) is 98.7 cm³/mol. The zero-order chi connectivity index (χ0) is 16.4. The fourth-order valence-electron chi connectivity index (χ4n) is 2.68. The Balaban J connectivity index is 1.84. The van der Waals surface area contributed by atoms with Gasteiger partial charge in [-0.1, -0.05) is 25.1 Å². The van der Waals surface area contributed by atoms with E-state index in [1.54, 1.807) is 11.3 Å². The maximum absolute atomic E-state index is 12.0. The summed E-state index contributed by atoms with van der Waals surface area (Å²) in [5.74, 6) is -0.340. The summed E-state index contributed by atoms with van der Waals surface area (Å²) in [6, 6.07) is 10.1. The number of rotatable bonds is 3. The molecular formula is C17H18N2O2S2. The van der Waals surface area contributed by atoms with Gasteiger partial charge in [0.15, 0.2) is 5.11 Å². The molecule has 6 heteroatoms. The van der Waals surface area contributed by atoms with E-state index < -0.39 is 0 Å². The van der Waals surface area contributed by atoms with E-state index in [2.05, 4.69) is 29.3 Å². The van der Waals surface area contributed by atoms with Gasteiger partial charge in [0.1, 0.15) is 5.00 Å². The minimum Gasteiger partial charge on any atom is -0.465 e. The van der Waals surface area contributed by atoms with Crippen molar-refractivity contribution in [3.8, 4) is 0 Å². The van der Waals surface area contributed by atoms with Crippen LogP contribution in [0.1, 0.15) is 27.7 Å². The number of thiophene rings is 1.